The molecule has 0 aliphatic rings. The lowest BCUT2D eigenvalue weighted by atomic mass is 9.84. The number of carbonyl (C=O) groups excluding carboxylic acids is 4. The maximum absolute atomic E-state index is 13.2. The molecule has 9 nitrogen and oxygen atoms in total. The Morgan fingerprint density at radius 3 is 2.21 bits per heavy atom. The molecule has 0 aromatic heterocycles. The number of nitrogens with one attached hydrogen (secondary N) is 3. The minimum absolute atomic E-state index is 0.194. The summed E-state index contributed by atoms with van der Waals surface area (Å²) < 4.78 is 0. The second-order valence-corrected chi connectivity index (χ2v) is 9.29. The molecule has 1 aromatic carbocycles. The quantitative estimate of drug-likeness (QED) is 0.153. The lowest BCUT2D eigenvalue weighted by Gasteiger charge is -2.33. The van der Waals surface area contributed by atoms with Crippen molar-refractivity contribution < 1.29 is 24.4 Å². The van der Waals surface area contributed by atoms with Gasteiger partial charge in [-0.2, -0.15) is 0 Å². The van der Waals surface area contributed by atoms with Gasteiger partial charge in [0.15, 0.2) is 0 Å². The van der Waals surface area contributed by atoms with Crippen LogP contribution in [0.25, 0.3) is 0 Å². The van der Waals surface area contributed by atoms with E-state index in [9.17, 15) is 24.4 Å². The minimum Gasteiger partial charge on any atom is -0.355 e. The Hall–Kier alpha value is -2.94. The summed E-state index contributed by atoms with van der Waals surface area (Å²) >= 11 is 0. The normalized spacial score (nSPS) is 13.9. The summed E-state index contributed by atoms with van der Waals surface area (Å²) in [6.07, 6.45) is 2.12. The first-order chi connectivity index (χ1) is 15.5. The predicted molar refractivity (Wildman–Crippen MR) is 125 cm³/mol. The third-order valence-corrected chi connectivity index (χ3v) is 5.48. The maximum Gasteiger partial charge on any atom is 0.243 e. The predicted octanol–water partition coefficient (Wildman–Crippen LogP) is 1.64. The summed E-state index contributed by atoms with van der Waals surface area (Å²) in [7, 11) is 0. The molecule has 0 aliphatic carbocycles. The molecule has 33 heavy (non-hydrogen) atoms. The summed E-state index contributed by atoms with van der Waals surface area (Å²) in [4.78, 5) is 48.1. The zero-order valence-corrected chi connectivity index (χ0v) is 20.3. The number of nitrogens with zero attached hydrogens (tertiary/aromatic N) is 1. The molecule has 0 saturated carbocycles. The monoisotopic (exact) mass is 462 g/mol. The molecule has 0 heterocycles. The molecule has 0 bridgehead atoms. The minimum atomic E-state index is -0.838. The number of aryl methyl sites for hydroxylation is 1. The summed E-state index contributed by atoms with van der Waals surface area (Å²) in [5.74, 6) is -1.68. The molecule has 0 unspecified atom stereocenters. The van der Waals surface area contributed by atoms with Gasteiger partial charge < -0.3 is 16.0 Å². The third kappa shape index (κ3) is 10.0. The summed E-state index contributed by atoms with van der Waals surface area (Å²) in [6.45, 7) is 9.01. The van der Waals surface area contributed by atoms with Crippen LogP contribution in [0, 0.1) is 11.3 Å². The van der Waals surface area contributed by atoms with Crippen molar-refractivity contribution in [3.8, 4) is 0 Å². The van der Waals surface area contributed by atoms with E-state index in [0.29, 0.717) is 17.9 Å². The lowest BCUT2D eigenvalue weighted by molar-refractivity contribution is -0.166. The first kappa shape index (κ1) is 28.1. The van der Waals surface area contributed by atoms with Gasteiger partial charge in [-0.1, -0.05) is 51.1 Å². The standard InChI is InChI=1S/C24H38N4O5/c1-17(28(33)16-29)20(13-9-12-19-10-7-6-8-11-19)22(31)27-21(24(3,4)5)23(32)26-15-14-25-18(2)30/h6-8,10-11,16-17,20-21,33H,9,12-15H2,1-5H3,(H,25,30)(H,26,32)(H,27,31)/t17-,20+,21+/m0/s1. The van der Waals surface area contributed by atoms with Crippen molar-refractivity contribution in [2.75, 3.05) is 13.1 Å². The van der Waals surface area contributed by atoms with E-state index in [1.807, 2.05) is 51.1 Å². The molecule has 0 fully saturated rings. The fourth-order valence-corrected chi connectivity index (χ4v) is 3.49. The summed E-state index contributed by atoms with van der Waals surface area (Å²) in [5.41, 5.74) is 0.543. The van der Waals surface area contributed by atoms with Crippen molar-refractivity contribution in [1.29, 1.82) is 0 Å². The lowest BCUT2D eigenvalue weighted by Crippen LogP contribution is -2.57. The highest BCUT2D eigenvalue weighted by Crippen LogP contribution is 2.23. The van der Waals surface area contributed by atoms with Crippen LogP contribution in [0.15, 0.2) is 30.3 Å². The average Bonchev–Trinajstić information content (AvgIpc) is 2.76. The Bertz CT molecular complexity index is 779. The molecule has 1 rings (SSSR count). The van der Waals surface area contributed by atoms with Gasteiger partial charge in [0.05, 0.1) is 12.0 Å². The van der Waals surface area contributed by atoms with Gasteiger partial charge in [-0.25, -0.2) is 5.06 Å². The zero-order valence-electron chi connectivity index (χ0n) is 20.3. The highest BCUT2D eigenvalue weighted by atomic mass is 16.5. The van der Waals surface area contributed by atoms with Gasteiger partial charge in [0.2, 0.25) is 24.1 Å². The molecule has 0 spiro atoms. The molecule has 4 amide bonds. The van der Waals surface area contributed by atoms with E-state index in [-0.39, 0.29) is 31.3 Å². The van der Waals surface area contributed by atoms with Crippen LogP contribution in [0.3, 0.4) is 0 Å². The Labute approximate surface area is 196 Å². The molecule has 9 heteroatoms. The largest absolute Gasteiger partial charge is 0.355 e. The van der Waals surface area contributed by atoms with Crippen molar-refractivity contribution in [2.45, 2.75) is 66.0 Å². The van der Waals surface area contributed by atoms with Gasteiger partial charge in [0.25, 0.3) is 0 Å². The van der Waals surface area contributed by atoms with Crippen molar-refractivity contribution >= 4 is 24.1 Å². The van der Waals surface area contributed by atoms with Gasteiger partial charge in [0, 0.05) is 20.0 Å². The summed E-state index contributed by atoms with van der Waals surface area (Å²) in [6, 6.07) is 8.23. The van der Waals surface area contributed by atoms with Crippen LogP contribution in [-0.4, -0.2) is 59.6 Å². The molecule has 0 aliphatic heterocycles. The van der Waals surface area contributed by atoms with E-state index in [0.717, 1.165) is 12.0 Å². The maximum atomic E-state index is 13.2. The number of hydroxylamine groups is 2. The Morgan fingerprint density at radius 1 is 1.06 bits per heavy atom. The van der Waals surface area contributed by atoms with E-state index < -0.39 is 29.3 Å². The van der Waals surface area contributed by atoms with Crippen LogP contribution in [0.5, 0.6) is 0 Å². The van der Waals surface area contributed by atoms with Crippen molar-refractivity contribution in [1.82, 2.24) is 21.0 Å². The van der Waals surface area contributed by atoms with Gasteiger partial charge >= 0.3 is 0 Å². The molecule has 3 atom stereocenters. The molecule has 1 aromatic rings. The van der Waals surface area contributed by atoms with Gasteiger partial charge in [-0.3, -0.25) is 24.4 Å². The van der Waals surface area contributed by atoms with Crippen molar-refractivity contribution in [3.63, 3.8) is 0 Å². The van der Waals surface area contributed by atoms with E-state index in [1.165, 1.54) is 6.92 Å². The van der Waals surface area contributed by atoms with E-state index in [2.05, 4.69) is 16.0 Å². The topological polar surface area (TPSA) is 128 Å². The Morgan fingerprint density at radius 2 is 1.67 bits per heavy atom. The zero-order chi connectivity index (χ0) is 25.0. The van der Waals surface area contributed by atoms with E-state index in [4.69, 9.17) is 0 Å². The SMILES string of the molecule is CC(=O)NCCNC(=O)[C@@H](NC(=O)[C@H](CCCc1ccccc1)[C@H](C)N(O)C=O)C(C)(C)C. The first-order valence-electron chi connectivity index (χ1n) is 11.3. The van der Waals surface area contributed by atoms with Crippen LogP contribution in [-0.2, 0) is 25.6 Å². The first-order valence-corrected chi connectivity index (χ1v) is 11.3. The van der Waals surface area contributed by atoms with Crippen LogP contribution in [0.1, 0.15) is 53.0 Å². The fraction of sp³-hybridized carbons (Fsp3) is 0.583. The van der Waals surface area contributed by atoms with Crippen LogP contribution >= 0.6 is 0 Å². The number of rotatable bonds is 13. The molecular formula is C24H38N4O5. The fourth-order valence-electron chi connectivity index (χ4n) is 3.49. The van der Waals surface area contributed by atoms with E-state index >= 15 is 0 Å². The second-order valence-electron chi connectivity index (χ2n) is 9.29. The van der Waals surface area contributed by atoms with Crippen LogP contribution in [0.4, 0.5) is 0 Å². The van der Waals surface area contributed by atoms with Gasteiger partial charge in [-0.15, -0.1) is 0 Å². The van der Waals surface area contributed by atoms with Gasteiger partial charge in [-0.05, 0) is 37.2 Å². The van der Waals surface area contributed by atoms with Crippen molar-refractivity contribution in [2.24, 2.45) is 11.3 Å². The molecular weight excluding hydrogens is 424 g/mol. The highest BCUT2D eigenvalue weighted by molar-refractivity contribution is 5.89. The Kier molecular flexibility index (Phi) is 11.6. The molecule has 184 valence electrons. The van der Waals surface area contributed by atoms with Crippen molar-refractivity contribution in [3.05, 3.63) is 35.9 Å². The second kappa shape index (κ2) is 13.6. The van der Waals surface area contributed by atoms with Crippen LogP contribution in [0.2, 0.25) is 0 Å². The number of carbonyl (C=O) groups is 4. The smallest absolute Gasteiger partial charge is 0.243 e. The van der Waals surface area contributed by atoms with Crippen LogP contribution < -0.4 is 16.0 Å². The average molecular weight is 463 g/mol. The highest BCUT2D eigenvalue weighted by Gasteiger charge is 2.36. The molecule has 0 saturated heterocycles. The third-order valence-electron chi connectivity index (χ3n) is 5.48. The van der Waals surface area contributed by atoms with E-state index in [1.54, 1.807) is 6.92 Å². The van der Waals surface area contributed by atoms with Gasteiger partial charge in [0.1, 0.15) is 6.04 Å². The molecule has 4 N–H and O–H groups in total. The number of benzene rings is 1. The Balaban J connectivity index is 2.88. The summed E-state index contributed by atoms with van der Waals surface area (Å²) in [5, 5.41) is 18.6. The number of hydrogen-bond donors (Lipinski definition) is 4. The number of amides is 4. The number of hydrogen-bond acceptors (Lipinski definition) is 5. The molecule has 0 radical (unpaired) electrons.